The zero-order valence-corrected chi connectivity index (χ0v) is 14.0. The van der Waals surface area contributed by atoms with E-state index >= 15 is 0 Å². The van der Waals surface area contributed by atoms with E-state index in [0.29, 0.717) is 13.0 Å². The Morgan fingerprint density at radius 2 is 1.95 bits per heavy atom. The predicted octanol–water partition coefficient (Wildman–Crippen LogP) is 2.14. The molecule has 6 heteroatoms. The normalized spacial score (nSPS) is 14.1. The molecule has 1 aliphatic rings. The van der Waals surface area contributed by atoms with Crippen LogP contribution in [0.25, 0.3) is 0 Å². The van der Waals surface area contributed by atoms with Crippen molar-refractivity contribution in [3.63, 3.8) is 0 Å². The van der Waals surface area contributed by atoms with Crippen molar-refractivity contribution >= 4 is 16.0 Å². The number of hydrogen-bond donors (Lipinski definition) is 0. The van der Waals surface area contributed by atoms with Crippen molar-refractivity contribution in [2.45, 2.75) is 44.4 Å². The molecule has 0 unspecified atom stereocenters. The fourth-order valence-electron chi connectivity index (χ4n) is 2.74. The average Bonchev–Trinajstić information content (AvgIpc) is 2.94. The van der Waals surface area contributed by atoms with Crippen molar-refractivity contribution in [1.82, 2.24) is 4.31 Å². The molecular weight excluding hydrogens is 302 g/mol. The van der Waals surface area contributed by atoms with Crippen molar-refractivity contribution < 1.29 is 17.9 Å². The molecule has 2 rings (SSSR count). The van der Waals surface area contributed by atoms with Crippen LogP contribution in [0, 0.1) is 0 Å². The van der Waals surface area contributed by atoms with E-state index in [9.17, 15) is 13.2 Å². The zero-order chi connectivity index (χ0) is 16.2. The van der Waals surface area contributed by atoms with Crippen LogP contribution in [0.5, 0.6) is 0 Å². The number of hydrogen-bond acceptors (Lipinski definition) is 4. The number of aryl methyl sites for hydroxylation is 2. The van der Waals surface area contributed by atoms with Gasteiger partial charge in [0.05, 0.1) is 11.5 Å². The summed E-state index contributed by atoms with van der Waals surface area (Å²) in [7, 11) is -3.67. The van der Waals surface area contributed by atoms with E-state index < -0.39 is 16.0 Å². The van der Waals surface area contributed by atoms with Crippen molar-refractivity contribution in [2.75, 3.05) is 19.7 Å². The number of carbonyl (C=O) groups excluding carboxylic acids is 1. The fraction of sp³-hybridized carbons (Fsp3) is 0.562. The maximum absolute atomic E-state index is 12.8. The minimum atomic E-state index is -3.67. The predicted molar refractivity (Wildman–Crippen MR) is 84.1 cm³/mol. The number of benzene rings is 1. The first-order valence-electron chi connectivity index (χ1n) is 7.76. The van der Waals surface area contributed by atoms with Gasteiger partial charge in [0.15, 0.2) is 0 Å². The summed E-state index contributed by atoms with van der Waals surface area (Å²) < 4.78 is 31.6. The van der Waals surface area contributed by atoms with Crippen LogP contribution in [-0.2, 0) is 32.4 Å². The zero-order valence-electron chi connectivity index (χ0n) is 13.2. The summed E-state index contributed by atoms with van der Waals surface area (Å²) in [5, 5.41) is 0. The molecular formula is C16H23NO4S. The molecule has 0 fully saturated rings. The summed E-state index contributed by atoms with van der Waals surface area (Å²) in [5.74, 6) is -0.513. The molecule has 0 atom stereocenters. The second kappa shape index (κ2) is 7.24. The third-order valence-electron chi connectivity index (χ3n) is 3.79. The molecule has 0 spiro atoms. The summed E-state index contributed by atoms with van der Waals surface area (Å²) in [6.07, 6.45) is 3.64. The maximum Gasteiger partial charge on any atom is 0.321 e. The molecule has 0 heterocycles. The highest BCUT2D eigenvalue weighted by atomic mass is 32.2. The number of rotatable bonds is 7. The molecule has 0 bridgehead atoms. The summed E-state index contributed by atoms with van der Waals surface area (Å²) >= 11 is 0. The summed E-state index contributed by atoms with van der Waals surface area (Å²) in [6.45, 7) is 3.91. The lowest BCUT2D eigenvalue weighted by Gasteiger charge is -2.21. The molecule has 122 valence electrons. The summed E-state index contributed by atoms with van der Waals surface area (Å²) in [5.41, 5.74) is 2.33. The van der Waals surface area contributed by atoms with Crippen LogP contribution in [0.15, 0.2) is 23.1 Å². The van der Waals surface area contributed by atoms with Crippen LogP contribution in [0.4, 0.5) is 0 Å². The topological polar surface area (TPSA) is 63.7 Å². The molecule has 22 heavy (non-hydrogen) atoms. The minimum absolute atomic E-state index is 0.235. The van der Waals surface area contributed by atoms with Gasteiger partial charge < -0.3 is 4.74 Å². The Kier molecular flexibility index (Phi) is 5.58. The van der Waals surface area contributed by atoms with Crippen LogP contribution < -0.4 is 0 Å². The molecule has 0 saturated carbocycles. The van der Waals surface area contributed by atoms with E-state index in [1.165, 1.54) is 9.87 Å². The quantitative estimate of drug-likeness (QED) is 0.721. The monoisotopic (exact) mass is 325 g/mol. The van der Waals surface area contributed by atoms with E-state index in [0.717, 1.165) is 24.8 Å². The van der Waals surface area contributed by atoms with Crippen molar-refractivity contribution in [2.24, 2.45) is 0 Å². The lowest BCUT2D eigenvalue weighted by Crippen LogP contribution is -2.37. The number of ether oxygens (including phenoxy) is 1. The smallest absolute Gasteiger partial charge is 0.321 e. The lowest BCUT2D eigenvalue weighted by atomic mass is 10.1. The largest absolute Gasteiger partial charge is 0.465 e. The van der Waals surface area contributed by atoms with Gasteiger partial charge in [0.25, 0.3) is 0 Å². The third-order valence-corrected chi connectivity index (χ3v) is 5.63. The highest BCUT2D eigenvalue weighted by Gasteiger charge is 2.27. The molecule has 1 aromatic rings. The maximum atomic E-state index is 12.8. The van der Waals surface area contributed by atoms with Gasteiger partial charge in [-0.15, -0.1) is 0 Å². The first kappa shape index (κ1) is 17.0. The minimum Gasteiger partial charge on any atom is -0.465 e. The van der Waals surface area contributed by atoms with Gasteiger partial charge in [0.2, 0.25) is 10.0 Å². The molecule has 5 nitrogen and oxygen atoms in total. The van der Waals surface area contributed by atoms with Gasteiger partial charge in [-0.05, 0) is 55.9 Å². The Morgan fingerprint density at radius 3 is 2.64 bits per heavy atom. The molecule has 0 N–H and O–H groups in total. The first-order valence-corrected chi connectivity index (χ1v) is 9.20. The molecule has 0 aromatic heterocycles. The molecule has 0 saturated heterocycles. The Hall–Kier alpha value is -1.40. The second-order valence-electron chi connectivity index (χ2n) is 5.43. The molecule has 1 aromatic carbocycles. The Balaban J connectivity index is 2.26. The van der Waals surface area contributed by atoms with Crippen LogP contribution in [-0.4, -0.2) is 38.4 Å². The van der Waals surface area contributed by atoms with Crippen molar-refractivity contribution in [3.8, 4) is 0 Å². The summed E-state index contributed by atoms with van der Waals surface area (Å²) in [6, 6.07) is 5.29. The Morgan fingerprint density at radius 1 is 1.23 bits per heavy atom. The number of carbonyl (C=O) groups is 1. The molecule has 0 radical (unpaired) electrons. The molecule has 1 aliphatic carbocycles. The van der Waals surface area contributed by atoms with Crippen LogP contribution in [0.3, 0.4) is 0 Å². The number of esters is 1. The molecule has 0 amide bonds. The Labute approximate surface area is 132 Å². The highest BCUT2D eigenvalue weighted by Crippen LogP contribution is 2.26. The average molecular weight is 325 g/mol. The molecule has 0 aliphatic heterocycles. The van der Waals surface area contributed by atoms with Gasteiger partial charge in [-0.2, -0.15) is 4.31 Å². The summed E-state index contributed by atoms with van der Waals surface area (Å²) in [4.78, 5) is 11.9. The Bertz CT molecular complexity index is 640. The van der Waals surface area contributed by atoms with Gasteiger partial charge in [0, 0.05) is 6.54 Å². The number of sulfonamides is 1. The van der Waals surface area contributed by atoms with E-state index in [-0.39, 0.29) is 18.0 Å². The fourth-order valence-corrected chi connectivity index (χ4v) is 4.27. The highest BCUT2D eigenvalue weighted by molar-refractivity contribution is 7.89. The SMILES string of the molecule is CCCN(CC(=O)OCC)S(=O)(=O)c1ccc2c(c1)CCC2. The van der Waals surface area contributed by atoms with E-state index in [1.807, 2.05) is 13.0 Å². The second-order valence-corrected chi connectivity index (χ2v) is 7.37. The van der Waals surface area contributed by atoms with Gasteiger partial charge in [-0.25, -0.2) is 8.42 Å². The van der Waals surface area contributed by atoms with Crippen LogP contribution >= 0.6 is 0 Å². The van der Waals surface area contributed by atoms with Gasteiger partial charge in [-0.3, -0.25) is 4.79 Å². The standard InChI is InChI=1S/C16H23NO4S/c1-3-10-17(12-16(18)21-4-2)22(19,20)15-9-8-13-6-5-7-14(13)11-15/h8-9,11H,3-7,10,12H2,1-2H3. The van der Waals surface area contributed by atoms with Crippen molar-refractivity contribution in [3.05, 3.63) is 29.3 Å². The van der Waals surface area contributed by atoms with Crippen LogP contribution in [0.2, 0.25) is 0 Å². The van der Waals surface area contributed by atoms with Crippen LogP contribution in [0.1, 0.15) is 37.8 Å². The van der Waals surface area contributed by atoms with E-state index in [1.54, 1.807) is 19.1 Å². The first-order chi connectivity index (χ1) is 10.5. The number of nitrogens with zero attached hydrogens (tertiary/aromatic N) is 1. The van der Waals surface area contributed by atoms with E-state index in [2.05, 4.69) is 0 Å². The third kappa shape index (κ3) is 3.67. The lowest BCUT2D eigenvalue weighted by molar-refractivity contribution is -0.143. The van der Waals surface area contributed by atoms with Gasteiger partial charge >= 0.3 is 5.97 Å². The van der Waals surface area contributed by atoms with Gasteiger partial charge in [-0.1, -0.05) is 13.0 Å². The van der Waals surface area contributed by atoms with E-state index in [4.69, 9.17) is 4.74 Å². The van der Waals surface area contributed by atoms with Gasteiger partial charge in [0.1, 0.15) is 6.54 Å². The van der Waals surface area contributed by atoms with Crippen molar-refractivity contribution in [1.29, 1.82) is 0 Å². The number of fused-ring (bicyclic) bond motifs is 1.